The maximum atomic E-state index is 11.2. The Hall–Kier alpha value is -1.69. The Morgan fingerprint density at radius 3 is 2.74 bits per heavy atom. The number of hydrogen-bond acceptors (Lipinski definition) is 5. The molecule has 0 aliphatic carbocycles. The van der Waals surface area contributed by atoms with Crippen LogP contribution in [0.15, 0.2) is 42.5 Å². The van der Waals surface area contributed by atoms with Gasteiger partial charge in [-0.15, -0.1) is 0 Å². The van der Waals surface area contributed by atoms with E-state index in [1.807, 2.05) is 30.3 Å². The average molecular weight is 264 g/mol. The second-order valence-corrected chi connectivity index (χ2v) is 4.27. The fraction of sp³-hybridized carbons (Fsp3) is 0.357. The summed E-state index contributed by atoms with van der Waals surface area (Å²) in [7, 11) is 0. The van der Waals surface area contributed by atoms with Gasteiger partial charge in [0.05, 0.1) is 13.2 Å². The second kappa shape index (κ2) is 6.47. The fourth-order valence-electron chi connectivity index (χ4n) is 1.84. The molecule has 19 heavy (non-hydrogen) atoms. The van der Waals surface area contributed by atoms with Crippen molar-refractivity contribution >= 4 is 5.97 Å². The molecule has 0 saturated heterocycles. The zero-order valence-corrected chi connectivity index (χ0v) is 10.3. The first-order chi connectivity index (χ1) is 9.20. The number of carbonyl (C=O) groups excluding carboxylic acids is 1. The summed E-state index contributed by atoms with van der Waals surface area (Å²) in [4.78, 5) is 11.2. The van der Waals surface area contributed by atoms with E-state index in [1.165, 1.54) is 6.08 Å². The maximum Gasteiger partial charge on any atom is 0.330 e. The van der Waals surface area contributed by atoms with Gasteiger partial charge in [0, 0.05) is 6.08 Å². The maximum absolute atomic E-state index is 11.2. The molecule has 0 saturated carbocycles. The van der Waals surface area contributed by atoms with E-state index in [4.69, 9.17) is 14.6 Å². The van der Waals surface area contributed by atoms with Gasteiger partial charge in [0.2, 0.25) is 0 Å². The van der Waals surface area contributed by atoms with Crippen LogP contribution in [0.3, 0.4) is 0 Å². The number of ether oxygens (including phenoxy) is 2. The number of aliphatic hydroxyl groups excluding tert-OH is 2. The van der Waals surface area contributed by atoms with Gasteiger partial charge < -0.3 is 19.7 Å². The molecular formula is C14H16O5. The highest BCUT2D eigenvalue weighted by molar-refractivity contribution is 5.83. The summed E-state index contributed by atoms with van der Waals surface area (Å²) in [5.74, 6) is -0.544. The lowest BCUT2D eigenvalue weighted by Crippen LogP contribution is -2.45. The summed E-state index contributed by atoms with van der Waals surface area (Å²) in [6.07, 6.45) is 0.190. The van der Waals surface area contributed by atoms with Crippen molar-refractivity contribution in [1.82, 2.24) is 0 Å². The van der Waals surface area contributed by atoms with E-state index in [1.54, 1.807) is 6.08 Å². The van der Waals surface area contributed by atoms with Crippen LogP contribution in [0, 0.1) is 0 Å². The Kier molecular flexibility index (Phi) is 4.68. The minimum atomic E-state index is -1.16. The zero-order chi connectivity index (χ0) is 13.7. The Morgan fingerprint density at radius 1 is 1.32 bits per heavy atom. The Bertz CT molecular complexity index is 442. The summed E-state index contributed by atoms with van der Waals surface area (Å²) >= 11 is 0. The molecule has 1 aromatic rings. The van der Waals surface area contributed by atoms with Crippen LogP contribution >= 0.6 is 0 Å². The second-order valence-electron chi connectivity index (χ2n) is 4.27. The number of aliphatic hydroxyl groups is 2. The summed E-state index contributed by atoms with van der Waals surface area (Å²) in [6, 6.07) is 9.53. The smallest absolute Gasteiger partial charge is 0.330 e. The van der Waals surface area contributed by atoms with E-state index >= 15 is 0 Å². The number of rotatable bonds is 5. The number of esters is 1. The molecule has 1 aliphatic heterocycles. The summed E-state index contributed by atoms with van der Waals surface area (Å²) in [5, 5.41) is 18.6. The molecular weight excluding hydrogens is 248 g/mol. The topological polar surface area (TPSA) is 76.0 Å². The standard InChI is InChI=1S/C14H16O5/c15-8-11(16)14-12(6-7-13(17)19-14)18-9-10-4-2-1-3-5-10/h1-7,11-12,14-16H,8-9H2/t11-,12-,14-/m1/s1. The number of hydrogen-bond donors (Lipinski definition) is 2. The van der Waals surface area contributed by atoms with E-state index < -0.39 is 30.9 Å². The molecule has 0 aromatic heterocycles. The van der Waals surface area contributed by atoms with E-state index in [0.29, 0.717) is 6.61 Å². The van der Waals surface area contributed by atoms with Crippen molar-refractivity contribution < 1.29 is 24.5 Å². The van der Waals surface area contributed by atoms with E-state index in [9.17, 15) is 9.90 Å². The van der Waals surface area contributed by atoms with Crippen molar-refractivity contribution in [2.45, 2.75) is 24.9 Å². The minimum absolute atomic E-state index is 0.335. The van der Waals surface area contributed by atoms with Crippen molar-refractivity contribution in [2.75, 3.05) is 6.61 Å². The Balaban J connectivity index is 2.00. The normalized spacial score (nSPS) is 24.0. The lowest BCUT2D eigenvalue weighted by molar-refractivity contribution is -0.165. The first-order valence-electron chi connectivity index (χ1n) is 6.04. The lowest BCUT2D eigenvalue weighted by Gasteiger charge is -2.30. The van der Waals surface area contributed by atoms with Gasteiger partial charge in [-0.25, -0.2) is 4.79 Å². The third-order valence-electron chi connectivity index (χ3n) is 2.85. The number of benzene rings is 1. The van der Waals surface area contributed by atoms with Gasteiger partial charge in [-0.05, 0) is 11.6 Å². The summed E-state index contributed by atoms with van der Waals surface area (Å²) in [6.45, 7) is -0.154. The number of carbonyl (C=O) groups is 1. The monoisotopic (exact) mass is 264 g/mol. The van der Waals surface area contributed by atoms with Crippen molar-refractivity contribution in [3.05, 3.63) is 48.0 Å². The molecule has 2 rings (SSSR count). The predicted molar refractivity (Wildman–Crippen MR) is 67.1 cm³/mol. The Labute approximate surface area is 111 Å². The van der Waals surface area contributed by atoms with E-state index in [2.05, 4.69) is 0 Å². The molecule has 1 heterocycles. The van der Waals surface area contributed by atoms with Gasteiger partial charge in [0.1, 0.15) is 12.2 Å². The zero-order valence-electron chi connectivity index (χ0n) is 10.3. The quantitative estimate of drug-likeness (QED) is 0.753. The van der Waals surface area contributed by atoms with E-state index in [-0.39, 0.29) is 0 Å². The summed E-state index contributed by atoms with van der Waals surface area (Å²) < 4.78 is 10.6. The van der Waals surface area contributed by atoms with Gasteiger partial charge in [-0.3, -0.25) is 0 Å². The number of cyclic esters (lactones) is 1. The highest BCUT2D eigenvalue weighted by atomic mass is 16.6. The van der Waals surface area contributed by atoms with Gasteiger partial charge in [0.15, 0.2) is 6.10 Å². The molecule has 1 aromatic carbocycles. The van der Waals surface area contributed by atoms with Gasteiger partial charge in [-0.1, -0.05) is 30.3 Å². The van der Waals surface area contributed by atoms with Gasteiger partial charge in [-0.2, -0.15) is 0 Å². The van der Waals surface area contributed by atoms with Crippen molar-refractivity contribution in [3.8, 4) is 0 Å². The van der Waals surface area contributed by atoms with Crippen LogP contribution < -0.4 is 0 Å². The molecule has 2 N–H and O–H groups in total. The first kappa shape index (κ1) is 13.7. The van der Waals surface area contributed by atoms with Crippen molar-refractivity contribution in [3.63, 3.8) is 0 Å². The van der Waals surface area contributed by atoms with Crippen LogP contribution in [0.25, 0.3) is 0 Å². The fourth-order valence-corrected chi connectivity index (χ4v) is 1.84. The van der Waals surface area contributed by atoms with Crippen LogP contribution in [-0.4, -0.2) is 41.1 Å². The molecule has 102 valence electrons. The molecule has 0 bridgehead atoms. The Morgan fingerprint density at radius 2 is 2.05 bits per heavy atom. The molecule has 1 aliphatic rings. The van der Waals surface area contributed by atoms with Crippen molar-refractivity contribution in [2.24, 2.45) is 0 Å². The van der Waals surface area contributed by atoms with Crippen molar-refractivity contribution in [1.29, 1.82) is 0 Å². The highest BCUT2D eigenvalue weighted by Gasteiger charge is 2.33. The highest BCUT2D eigenvalue weighted by Crippen LogP contribution is 2.17. The molecule has 0 spiro atoms. The van der Waals surface area contributed by atoms with Crippen LogP contribution in [0.2, 0.25) is 0 Å². The molecule has 5 heteroatoms. The SMILES string of the molecule is O=C1C=C[C@@H](OCc2ccccc2)[C@@H]([C@H](O)CO)O1. The van der Waals surface area contributed by atoms with Crippen LogP contribution in [0.5, 0.6) is 0 Å². The predicted octanol–water partition coefficient (Wildman–Crippen LogP) is 0.407. The molecule has 0 radical (unpaired) electrons. The molecule has 0 fully saturated rings. The van der Waals surface area contributed by atoms with E-state index in [0.717, 1.165) is 5.56 Å². The van der Waals surface area contributed by atoms with Gasteiger partial charge >= 0.3 is 5.97 Å². The van der Waals surface area contributed by atoms with Crippen LogP contribution in [-0.2, 0) is 20.9 Å². The first-order valence-corrected chi connectivity index (χ1v) is 6.04. The molecule has 0 amide bonds. The largest absolute Gasteiger partial charge is 0.453 e. The van der Waals surface area contributed by atoms with Crippen LogP contribution in [0.1, 0.15) is 5.56 Å². The average Bonchev–Trinajstić information content (AvgIpc) is 2.46. The lowest BCUT2D eigenvalue weighted by atomic mass is 10.1. The third kappa shape index (κ3) is 3.64. The molecule has 5 nitrogen and oxygen atoms in total. The molecule has 3 atom stereocenters. The van der Waals surface area contributed by atoms with Gasteiger partial charge in [0.25, 0.3) is 0 Å². The third-order valence-corrected chi connectivity index (χ3v) is 2.85. The minimum Gasteiger partial charge on any atom is -0.453 e. The molecule has 0 unspecified atom stereocenters. The summed E-state index contributed by atoms with van der Waals surface area (Å²) in [5.41, 5.74) is 0.977. The van der Waals surface area contributed by atoms with Crippen LogP contribution in [0.4, 0.5) is 0 Å².